The summed E-state index contributed by atoms with van der Waals surface area (Å²) < 4.78 is 5.83. The van der Waals surface area contributed by atoms with Crippen molar-refractivity contribution >= 4 is 11.4 Å². The van der Waals surface area contributed by atoms with Gasteiger partial charge in [-0.2, -0.15) is 0 Å². The molecule has 0 amide bonds. The number of ketones is 1. The van der Waals surface area contributed by atoms with Crippen molar-refractivity contribution in [2.75, 3.05) is 6.61 Å². The molecule has 0 saturated heterocycles. The van der Waals surface area contributed by atoms with E-state index in [1.165, 1.54) is 23.8 Å². The largest absolute Gasteiger partial charge is 0.508 e. The number of allylic oxidation sites excluding steroid dienone is 4. The molecule has 0 aliphatic heterocycles. The van der Waals surface area contributed by atoms with Crippen molar-refractivity contribution in [3.63, 3.8) is 0 Å². The smallest absolute Gasteiger partial charge is 0.231 e. The predicted molar refractivity (Wildman–Crippen MR) is 138 cm³/mol. The van der Waals surface area contributed by atoms with Gasteiger partial charge in [0.25, 0.3) is 0 Å². The van der Waals surface area contributed by atoms with Gasteiger partial charge in [-0.15, -0.1) is 0 Å². The third kappa shape index (κ3) is 5.26. The van der Waals surface area contributed by atoms with E-state index in [4.69, 9.17) is 4.74 Å². The van der Waals surface area contributed by atoms with Crippen molar-refractivity contribution in [3.05, 3.63) is 76.1 Å². The number of hydrogen-bond acceptors (Lipinski definition) is 7. The third-order valence-electron chi connectivity index (χ3n) is 6.51. The number of ether oxygens (including phenoxy) is 1. The summed E-state index contributed by atoms with van der Waals surface area (Å²) >= 11 is 0. The van der Waals surface area contributed by atoms with E-state index in [1.807, 2.05) is 20.8 Å². The maximum Gasteiger partial charge on any atom is 0.231 e. The van der Waals surface area contributed by atoms with E-state index in [2.05, 4.69) is 12.7 Å². The van der Waals surface area contributed by atoms with Gasteiger partial charge in [-0.3, -0.25) is 4.79 Å². The Morgan fingerprint density at radius 1 is 1.08 bits per heavy atom. The maximum atomic E-state index is 13.3. The molecule has 36 heavy (non-hydrogen) atoms. The van der Waals surface area contributed by atoms with Gasteiger partial charge in [-0.05, 0) is 71.1 Å². The van der Waals surface area contributed by atoms with Crippen LogP contribution in [-0.4, -0.2) is 37.9 Å². The summed E-state index contributed by atoms with van der Waals surface area (Å²) in [6, 6.07) is 5.13. The third-order valence-corrected chi connectivity index (χ3v) is 6.51. The lowest BCUT2D eigenvalue weighted by Gasteiger charge is -2.30. The maximum absolute atomic E-state index is 13.3. The fraction of sp³-hybridized carbons (Fsp3) is 0.345. The Morgan fingerprint density at radius 3 is 2.36 bits per heavy atom. The zero-order valence-corrected chi connectivity index (χ0v) is 21.1. The number of aliphatic hydroxyl groups is 1. The van der Waals surface area contributed by atoms with Gasteiger partial charge in [-0.1, -0.05) is 23.8 Å². The average Bonchev–Trinajstić information content (AvgIpc) is 2.79. The van der Waals surface area contributed by atoms with Crippen molar-refractivity contribution in [1.82, 2.24) is 0 Å². The van der Waals surface area contributed by atoms with Crippen LogP contribution in [0.3, 0.4) is 0 Å². The average molecular weight is 495 g/mol. The number of aromatic hydroxyl groups is 4. The molecule has 1 aliphatic carbocycles. The second kappa shape index (κ2) is 10.9. The number of aliphatic hydroxyl groups excluding tert-OH is 1. The molecule has 0 aromatic heterocycles. The van der Waals surface area contributed by atoms with Crippen molar-refractivity contribution in [1.29, 1.82) is 0 Å². The fourth-order valence-electron chi connectivity index (χ4n) is 4.55. The van der Waals surface area contributed by atoms with E-state index in [0.29, 0.717) is 12.8 Å². The highest BCUT2D eigenvalue weighted by Crippen LogP contribution is 2.49. The van der Waals surface area contributed by atoms with Crippen LogP contribution in [0.2, 0.25) is 0 Å². The highest BCUT2D eigenvalue weighted by molar-refractivity contribution is 6.17. The lowest BCUT2D eigenvalue weighted by molar-refractivity contribution is 0.0857. The minimum atomic E-state index is -1.05. The summed E-state index contributed by atoms with van der Waals surface area (Å²) in [5, 5.41) is 53.0. The van der Waals surface area contributed by atoms with Crippen LogP contribution in [0.5, 0.6) is 23.0 Å². The molecule has 192 valence electrons. The first-order valence-electron chi connectivity index (χ1n) is 12.0. The summed E-state index contributed by atoms with van der Waals surface area (Å²) in [4.78, 5) is 13.3. The van der Waals surface area contributed by atoms with Crippen LogP contribution in [0.15, 0.2) is 53.8 Å². The van der Waals surface area contributed by atoms with E-state index in [9.17, 15) is 30.3 Å². The number of phenolic OH excluding ortho intramolecular Hbond substituents is 4. The van der Waals surface area contributed by atoms with Gasteiger partial charge in [0, 0.05) is 34.9 Å². The van der Waals surface area contributed by atoms with Gasteiger partial charge < -0.3 is 30.3 Å². The number of carbonyl (C=O) groups is 1. The van der Waals surface area contributed by atoms with Crippen molar-refractivity contribution in [3.8, 4) is 23.0 Å². The second-order valence-corrected chi connectivity index (χ2v) is 9.41. The molecule has 0 bridgehead atoms. The molecule has 0 fully saturated rings. The van der Waals surface area contributed by atoms with Crippen LogP contribution < -0.4 is 0 Å². The van der Waals surface area contributed by atoms with E-state index in [-0.39, 0.29) is 57.6 Å². The SMILES string of the molecule is C=C(C)[C@H](CC=C(C)C)CCc1c(O)cc2c(c1O)C(=O)C(O)=C(c1ccc(O)cc1O)[C@@H]2OCC. The van der Waals surface area contributed by atoms with Crippen molar-refractivity contribution < 1.29 is 35.1 Å². The molecule has 2 aromatic carbocycles. The Bertz CT molecular complexity index is 1250. The molecule has 0 heterocycles. The highest BCUT2D eigenvalue weighted by Gasteiger charge is 2.39. The lowest BCUT2D eigenvalue weighted by atomic mass is 9.80. The van der Waals surface area contributed by atoms with E-state index >= 15 is 0 Å². The van der Waals surface area contributed by atoms with Crippen LogP contribution in [0.1, 0.15) is 73.7 Å². The Hall–Kier alpha value is -3.71. The molecule has 2 aromatic rings. The first kappa shape index (κ1) is 26.9. The quantitative estimate of drug-likeness (QED) is 0.261. The van der Waals surface area contributed by atoms with Crippen LogP contribution in [0.4, 0.5) is 0 Å². The summed E-state index contributed by atoms with van der Waals surface area (Å²) in [5.41, 5.74) is 2.50. The number of benzene rings is 2. The standard InChI is InChI=1S/C29H34O7/c1-6-36-29-21-14-23(32)20(11-9-17(16(4)5)8-7-15(2)3)26(33)24(21)27(34)28(35)25(29)19-12-10-18(30)13-22(19)31/h7,10,12-14,17,29-33,35H,4,6,8-9,11H2,1-3,5H3/t17-,29-/m1/s1. The van der Waals surface area contributed by atoms with Gasteiger partial charge in [-0.25, -0.2) is 0 Å². The number of carbonyl (C=O) groups excluding carboxylic acids is 1. The van der Waals surface area contributed by atoms with E-state index < -0.39 is 23.4 Å². The molecule has 7 heteroatoms. The first-order chi connectivity index (χ1) is 17.0. The molecular weight excluding hydrogens is 460 g/mol. The van der Waals surface area contributed by atoms with Crippen LogP contribution in [-0.2, 0) is 11.2 Å². The molecule has 0 unspecified atom stereocenters. The second-order valence-electron chi connectivity index (χ2n) is 9.41. The summed E-state index contributed by atoms with van der Waals surface area (Å²) in [7, 11) is 0. The van der Waals surface area contributed by atoms with E-state index in [1.54, 1.807) is 6.92 Å². The van der Waals surface area contributed by atoms with Crippen molar-refractivity contribution in [2.45, 2.75) is 53.1 Å². The number of Topliss-reactive ketones (excluding diaryl/α,β-unsaturated/α-hetero) is 1. The van der Waals surface area contributed by atoms with Gasteiger partial charge in [0.05, 0.1) is 5.56 Å². The monoisotopic (exact) mass is 494 g/mol. The number of rotatable bonds is 9. The minimum Gasteiger partial charge on any atom is -0.508 e. The molecule has 2 atom stereocenters. The van der Waals surface area contributed by atoms with Crippen molar-refractivity contribution in [2.24, 2.45) is 5.92 Å². The highest BCUT2D eigenvalue weighted by atomic mass is 16.5. The Morgan fingerprint density at radius 2 is 1.78 bits per heavy atom. The number of fused-ring (bicyclic) bond motifs is 1. The van der Waals surface area contributed by atoms with Gasteiger partial charge >= 0.3 is 0 Å². The first-order valence-corrected chi connectivity index (χ1v) is 12.0. The number of phenols is 4. The van der Waals surface area contributed by atoms with Crippen LogP contribution >= 0.6 is 0 Å². The Balaban J connectivity index is 2.08. The molecule has 5 N–H and O–H groups in total. The van der Waals surface area contributed by atoms with E-state index in [0.717, 1.165) is 18.1 Å². The molecule has 7 nitrogen and oxygen atoms in total. The molecule has 0 radical (unpaired) electrons. The summed E-state index contributed by atoms with van der Waals surface area (Å²) in [6.07, 6.45) is 2.73. The zero-order chi connectivity index (χ0) is 26.7. The minimum absolute atomic E-state index is 0.0116. The normalized spacial score (nSPS) is 16.0. The van der Waals surface area contributed by atoms with Gasteiger partial charge in [0.2, 0.25) is 5.78 Å². The number of hydrogen-bond donors (Lipinski definition) is 5. The molecule has 3 rings (SSSR count). The Labute approximate surface area is 211 Å². The molecule has 0 spiro atoms. The molecular formula is C29H34O7. The zero-order valence-electron chi connectivity index (χ0n) is 21.1. The van der Waals surface area contributed by atoms with Crippen LogP contribution in [0.25, 0.3) is 5.57 Å². The lowest BCUT2D eigenvalue weighted by Crippen LogP contribution is -2.23. The predicted octanol–water partition coefficient (Wildman–Crippen LogP) is 6.23. The summed E-state index contributed by atoms with van der Waals surface area (Å²) in [5.74, 6) is -2.54. The molecule has 1 aliphatic rings. The summed E-state index contributed by atoms with van der Waals surface area (Å²) in [6.45, 7) is 11.9. The Kier molecular flexibility index (Phi) is 8.15. The topological polar surface area (TPSA) is 127 Å². The van der Waals surface area contributed by atoms with Gasteiger partial charge in [0.15, 0.2) is 5.76 Å². The fourth-order valence-corrected chi connectivity index (χ4v) is 4.55. The van der Waals surface area contributed by atoms with Crippen LogP contribution in [0, 0.1) is 5.92 Å². The van der Waals surface area contributed by atoms with Gasteiger partial charge in [0.1, 0.15) is 29.1 Å². The molecule has 0 saturated carbocycles.